The Labute approximate surface area is 135 Å². The molecule has 2 rings (SSSR count). The van der Waals surface area contributed by atoms with Crippen LogP contribution < -0.4 is 4.74 Å². The van der Waals surface area contributed by atoms with Crippen LogP contribution in [0.3, 0.4) is 0 Å². The Hall–Kier alpha value is -2.65. The molecule has 0 aromatic heterocycles. The number of nitriles is 1. The maximum atomic E-state index is 10.6. The van der Waals surface area contributed by atoms with Gasteiger partial charge in [0, 0.05) is 28.2 Å². The normalized spacial score (nSPS) is 10.4. The summed E-state index contributed by atoms with van der Waals surface area (Å²) in [4.78, 5) is 10.2. The number of hydrogen-bond acceptors (Lipinski definition) is 4. The fourth-order valence-corrected chi connectivity index (χ4v) is 2.16. The van der Waals surface area contributed by atoms with Crippen molar-refractivity contribution in [2.24, 2.45) is 0 Å². The minimum Gasteiger partial charge on any atom is -0.488 e. The van der Waals surface area contributed by atoms with E-state index < -0.39 is 4.92 Å². The lowest BCUT2D eigenvalue weighted by Crippen LogP contribution is -1.97. The van der Waals surface area contributed by atoms with Gasteiger partial charge in [-0.1, -0.05) is 15.9 Å². The number of nitrogens with zero attached hydrogens (tertiary/aromatic N) is 2. The van der Waals surface area contributed by atoms with Crippen LogP contribution in [0.2, 0.25) is 0 Å². The van der Waals surface area contributed by atoms with Crippen LogP contribution in [-0.2, 0) is 6.61 Å². The quantitative estimate of drug-likeness (QED) is 0.448. The standard InChI is InChI=1S/C16H11BrN2O3/c17-14-5-8-16(13(10-14)2-1-9-18)22-11-12-3-6-15(7-4-12)19(20)21/h1-8,10H,11H2. The smallest absolute Gasteiger partial charge is 0.269 e. The molecule has 0 radical (unpaired) electrons. The van der Waals surface area contributed by atoms with E-state index in [0.717, 1.165) is 15.6 Å². The molecule has 0 amide bonds. The van der Waals surface area contributed by atoms with E-state index in [9.17, 15) is 10.1 Å². The summed E-state index contributed by atoms with van der Waals surface area (Å²) in [5.41, 5.74) is 1.65. The Morgan fingerprint density at radius 1 is 1.27 bits per heavy atom. The maximum absolute atomic E-state index is 10.6. The molecule has 0 atom stereocenters. The highest BCUT2D eigenvalue weighted by atomic mass is 79.9. The van der Waals surface area contributed by atoms with Crippen molar-refractivity contribution in [3.63, 3.8) is 0 Å². The molecule has 0 spiro atoms. The molecule has 0 fully saturated rings. The molecule has 2 aromatic rings. The molecule has 110 valence electrons. The number of nitro benzene ring substituents is 1. The second kappa shape index (κ2) is 7.38. The largest absolute Gasteiger partial charge is 0.488 e. The zero-order chi connectivity index (χ0) is 15.9. The molecule has 0 aliphatic heterocycles. The molecule has 22 heavy (non-hydrogen) atoms. The van der Waals surface area contributed by atoms with Gasteiger partial charge in [-0.25, -0.2) is 0 Å². The van der Waals surface area contributed by atoms with Crippen LogP contribution in [0.25, 0.3) is 6.08 Å². The number of benzene rings is 2. The molecule has 0 bridgehead atoms. The van der Waals surface area contributed by atoms with Crippen LogP contribution in [0.5, 0.6) is 5.75 Å². The molecular formula is C16H11BrN2O3. The van der Waals surface area contributed by atoms with E-state index in [-0.39, 0.29) is 12.3 Å². The number of nitro groups is 1. The van der Waals surface area contributed by atoms with Crippen molar-refractivity contribution in [1.29, 1.82) is 5.26 Å². The summed E-state index contributed by atoms with van der Waals surface area (Å²) in [6, 6.07) is 13.6. The molecule has 6 heteroatoms. The topological polar surface area (TPSA) is 76.2 Å². The first-order valence-electron chi connectivity index (χ1n) is 6.32. The minimum atomic E-state index is -0.440. The zero-order valence-electron chi connectivity index (χ0n) is 11.4. The van der Waals surface area contributed by atoms with Gasteiger partial charge in [0.25, 0.3) is 5.69 Å². The fraction of sp³-hybridized carbons (Fsp3) is 0.0625. The summed E-state index contributed by atoms with van der Waals surface area (Å²) in [5.74, 6) is 0.632. The summed E-state index contributed by atoms with van der Waals surface area (Å²) in [6.45, 7) is 0.285. The SMILES string of the molecule is N#CC=Cc1cc(Br)ccc1OCc1ccc([N+](=O)[O-])cc1. The lowest BCUT2D eigenvalue weighted by atomic mass is 10.2. The molecule has 0 aliphatic rings. The van der Waals surface area contributed by atoms with Crippen molar-refractivity contribution in [3.05, 3.63) is 74.3 Å². The highest BCUT2D eigenvalue weighted by Gasteiger charge is 2.06. The monoisotopic (exact) mass is 358 g/mol. The Morgan fingerprint density at radius 2 is 2.00 bits per heavy atom. The van der Waals surface area contributed by atoms with Gasteiger partial charge >= 0.3 is 0 Å². The number of hydrogen-bond donors (Lipinski definition) is 0. The van der Waals surface area contributed by atoms with Gasteiger partial charge in [0.05, 0.1) is 11.0 Å². The molecule has 0 saturated heterocycles. The summed E-state index contributed by atoms with van der Waals surface area (Å²) >= 11 is 3.37. The summed E-state index contributed by atoms with van der Waals surface area (Å²) in [5, 5.41) is 19.2. The van der Waals surface area contributed by atoms with Crippen LogP contribution in [0.15, 0.2) is 53.0 Å². The molecule has 0 aliphatic carbocycles. The molecule has 0 N–H and O–H groups in total. The molecular weight excluding hydrogens is 348 g/mol. The van der Waals surface area contributed by atoms with Crippen molar-refractivity contribution in [3.8, 4) is 11.8 Å². The van der Waals surface area contributed by atoms with Crippen molar-refractivity contribution >= 4 is 27.7 Å². The number of halogens is 1. The molecule has 5 nitrogen and oxygen atoms in total. The first-order valence-corrected chi connectivity index (χ1v) is 7.11. The van der Waals surface area contributed by atoms with Gasteiger partial charge in [-0.3, -0.25) is 10.1 Å². The Kier molecular flexibility index (Phi) is 5.28. The summed E-state index contributed by atoms with van der Waals surface area (Å²) in [7, 11) is 0. The van der Waals surface area contributed by atoms with E-state index in [1.807, 2.05) is 18.2 Å². The second-order valence-electron chi connectivity index (χ2n) is 4.36. The van der Waals surface area contributed by atoms with Crippen molar-refractivity contribution in [1.82, 2.24) is 0 Å². The Morgan fingerprint density at radius 3 is 2.64 bits per heavy atom. The first-order chi connectivity index (χ1) is 10.6. The summed E-state index contributed by atoms with van der Waals surface area (Å²) < 4.78 is 6.61. The number of rotatable bonds is 5. The van der Waals surface area contributed by atoms with E-state index in [4.69, 9.17) is 10.00 Å². The third kappa shape index (κ3) is 4.17. The van der Waals surface area contributed by atoms with Gasteiger partial charge in [0.1, 0.15) is 12.4 Å². The third-order valence-electron chi connectivity index (χ3n) is 2.85. The number of non-ortho nitro benzene ring substituents is 1. The third-order valence-corrected chi connectivity index (χ3v) is 3.34. The van der Waals surface area contributed by atoms with Gasteiger partial charge in [-0.15, -0.1) is 0 Å². The average molecular weight is 359 g/mol. The lowest BCUT2D eigenvalue weighted by molar-refractivity contribution is -0.384. The van der Waals surface area contributed by atoms with Crippen molar-refractivity contribution in [2.45, 2.75) is 6.61 Å². The fourth-order valence-electron chi connectivity index (χ4n) is 1.78. The van der Waals surface area contributed by atoms with Crippen LogP contribution in [0.4, 0.5) is 5.69 Å². The maximum Gasteiger partial charge on any atom is 0.269 e. The van der Waals surface area contributed by atoms with Crippen LogP contribution in [-0.4, -0.2) is 4.92 Å². The van der Waals surface area contributed by atoms with Crippen LogP contribution >= 0.6 is 15.9 Å². The van der Waals surface area contributed by atoms with Gasteiger partial charge in [0.15, 0.2) is 0 Å². The lowest BCUT2D eigenvalue weighted by Gasteiger charge is -2.09. The number of ether oxygens (including phenoxy) is 1. The summed E-state index contributed by atoms with van der Waals surface area (Å²) in [6.07, 6.45) is 3.04. The van der Waals surface area contributed by atoms with Crippen LogP contribution in [0.1, 0.15) is 11.1 Å². The van der Waals surface area contributed by atoms with Gasteiger partial charge < -0.3 is 4.74 Å². The van der Waals surface area contributed by atoms with E-state index in [2.05, 4.69) is 15.9 Å². The molecule has 2 aromatic carbocycles. The zero-order valence-corrected chi connectivity index (χ0v) is 13.0. The minimum absolute atomic E-state index is 0.0463. The van der Waals surface area contributed by atoms with E-state index in [0.29, 0.717) is 5.75 Å². The second-order valence-corrected chi connectivity index (χ2v) is 5.27. The molecule has 0 heterocycles. The Balaban J connectivity index is 2.12. The first kappa shape index (κ1) is 15.7. The van der Waals surface area contributed by atoms with E-state index in [1.54, 1.807) is 24.3 Å². The predicted molar refractivity (Wildman–Crippen MR) is 86.2 cm³/mol. The van der Waals surface area contributed by atoms with Gasteiger partial charge in [-0.05, 0) is 42.0 Å². The van der Waals surface area contributed by atoms with Crippen LogP contribution in [0, 0.1) is 21.4 Å². The van der Waals surface area contributed by atoms with E-state index >= 15 is 0 Å². The Bertz CT molecular complexity index is 749. The molecule has 0 unspecified atom stereocenters. The predicted octanol–water partition coefficient (Wildman–Crippen LogP) is 4.47. The highest BCUT2D eigenvalue weighted by molar-refractivity contribution is 9.10. The van der Waals surface area contributed by atoms with Crippen molar-refractivity contribution < 1.29 is 9.66 Å². The van der Waals surface area contributed by atoms with E-state index in [1.165, 1.54) is 18.2 Å². The molecule has 0 saturated carbocycles. The van der Waals surface area contributed by atoms with Gasteiger partial charge in [0.2, 0.25) is 0 Å². The number of allylic oxidation sites excluding steroid dienone is 1. The average Bonchev–Trinajstić information content (AvgIpc) is 2.52. The highest BCUT2D eigenvalue weighted by Crippen LogP contribution is 2.25. The van der Waals surface area contributed by atoms with Crippen molar-refractivity contribution in [2.75, 3.05) is 0 Å². The van der Waals surface area contributed by atoms with Gasteiger partial charge in [-0.2, -0.15) is 5.26 Å².